The van der Waals surface area contributed by atoms with Crippen molar-refractivity contribution in [2.45, 2.75) is 18.4 Å². The van der Waals surface area contributed by atoms with E-state index in [-0.39, 0.29) is 17.9 Å². The lowest BCUT2D eigenvalue weighted by atomic mass is 10.1. The molecule has 2 amide bonds. The minimum absolute atomic E-state index is 0.157. The summed E-state index contributed by atoms with van der Waals surface area (Å²) in [6.07, 6.45) is 0.944. The fraction of sp³-hybridized carbons (Fsp3) is 0.235. The third kappa shape index (κ3) is 3.30. The summed E-state index contributed by atoms with van der Waals surface area (Å²) >= 11 is 3.46. The number of hydrogen-bond donors (Lipinski definition) is 1. The maximum atomic E-state index is 12.9. The number of halogens is 2. The molecule has 0 unspecified atom stereocenters. The molecule has 5 heteroatoms. The number of rotatable bonds is 3. The number of hydrogen-bond acceptors (Lipinski definition) is 1. The molecule has 22 heavy (non-hydrogen) atoms. The van der Waals surface area contributed by atoms with Gasteiger partial charge in [0.2, 0.25) is 0 Å². The number of amides is 2. The highest BCUT2D eigenvalue weighted by atomic mass is 79.9. The Labute approximate surface area is 137 Å². The molecule has 2 aromatic rings. The van der Waals surface area contributed by atoms with E-state index in [0.717, 1.165) is 10.9 Å². The van der Waals surface area contributed by atoms with Gasteiger partial charge in [-0.3, -0.25) is 4.90 Å². The minimum Gasteiger partial charge on any atom is -0.334 e. The van der Waals surface area contributed by atoms with Gasteiger partial charge >= 0.3 is 6.03 Å². The van der Waals surface area contributed by atoms with E-state index < -0.39 is 0 Å². The van der Waals surface area contributed by atoms with Gasteiger partial charge in [0.1, 0.15) is 5.82 Å². The lowest BCUT2D eigenvalue weighted by Gasteiger charge is -2.18. The Hall–Kier alpha value is -1.88. The van der Waals surface area contributed by atoms with Gasteiger partial charge in [-0.25, -0.2) is 9.18 Å². The van der Waals surface area contributed by atoms with E-state index in [1.807, 2.05) is 12.1 Å². The minimum atomic E-state index is -0.311. The molecule has 3 rings (SSSR count). The zero-order valence-electron chi connectivity index (χ0n) is 12.1. The molecule has 114 valence electrons. The number of nitrogens with one attached hydrogen (secondary N) is 1. The summed E-state index contributed by atoms with van der Waals surface area (Å²) in [5.74, 6) is 0.0533. The van der Waals surface area contributed by atoms with E-state index in [2.05, 4.69) is 33.4 Å². The van der Waals surface area contributed by atoms with Gasteiger partial charge in [0, 0.05) is 29.2 Å². The molecule has 0 aromatic heterocycles. The van der Waals surface area contributed by atoms with Crippen LogP contribution in [0.25, 0.3) is 0 Å². The third-order valence-corrected chi connectivity index (χ3v) is 4.39. The number of benzene rings is 2. The van der Waals surface area contributed by atoms with Crippen molar-refractivity contribution in [2.75, 3.05) is 11.9 Å². The number of anilines is 1. The van der Waals surface area contributed by atoms with Gasteiger partial charge in [0.25, 0.3) is 0 Å². The van der Waals surface area contributed by atoms with Crippen molar-refractivity contribution in [1.82, 2.24) is 5.32 Å². The highest BCUT2D eigenvalue weighted by Gasteiger charge is 2.40. The number of nitrogens with zero attached hydrogens (tertiary/aromatic N) is 1. The summed E-state index contributed by atoms with van der Waals surface area (Å²) in [6, 6.07) is 14.0. The van der Waals surface area contributed by atoms with Crippen molar-refractivity contribution < 1.29 is 9.18 Å². The first-order valence-corrected chi connectivity index (χ1v) is 7.89. The lowest BCUT2D eigenvalue weighted by Crippen LogP contribution is -2.38. The Morgan fingerprint density at radius 2 is 2.00 bits per heavy atom. The van der Waals surface area contributed by atoms with Gasteiger partial charge in [-0.1, -0.05) is 28.1 Å². The van der Waals surface area contributed by atoms with Crippen LogP contribution in [-0.2, 0) is 0 Å². The first-order valence-electron chi connectivity index (χ1n) is 7.10. The first kappa shape index (κ1) is 15.0. The molecule has 0 aliphatic heterocycles. The van der Waals surface area contributed by atoms with Gasteiger partial charge < -0.3 is 5.32 Å². The van der Waals surface area contributed by atoms with Crippen LogP contribution in [0, 0.1) is 5.82 Å². The van der Waals surface area contributed by atoms with E-state index >= 15 is 0 Å². The second-order valence-corrected chi connectivity index (χ2v) is 6.40. The summed E-state index contributed by atoms with van der Waals surface area (Å²) in [6.45, 7) is 0. The summed E-state index contributed by atoms with van der Waals surface area (Å²) < 4.78 is 14.0. The predicted molar refractivity (Wildman–Crippen MR) is 88.6 cm³/mol. The molecule has 0 bridgehead atoms. The van der Waals surface area contributed by atoms with Crippen LogP contribution in [0.1, 0.15) is 17.9 Å². The van der Waals surface area contributed by atoms with Gasteiger partial charge in [-0.15, -0.1) is 0 Å². The highest BCUT2D eigenvalue weighted by Crippen LogP contribution is 2.41. The normalized spacial score (nSPS) is 19.6. The summed E-state index contributed by atoms with van der Waals surface area (Å²) in [5.41, 5.74) is 1.89. The van der Waals surface area contributed by atoms with Gasteiger partial charge in [-0.2, -0.15) is 0 Å². The van der Waals surface area contributed by atoms with Crippen LogP contribution in [0.4, 0.5) is 14.9 Å². The Bertz CT molecular complexity index is 689. The summed E-state index contributed by atoms with van der Waals surface area (Å²) in [4.78, 5) is 13.7. The van der Waals surface area contributed by atoms with E-state index in [1.165, 1.54) is 22.6 Å². The molecule has 0 heterocycles. The highest BCUT2D eigenvalue weighted by molar-refractivity contribution is 9.10. The predicted octanol–water partition coefficient (Wildman–Crippen LogP) is 4.29. The van der Waals surface area contributed by atoms with Crippen LogP contribution < -0.4 is 10.2 Å². The Kier molecular flexibility index (Phi) is 4.16. The van der Waals surface area contributed by atoms with Crippen LogP contribution in [0.3, 0.4) is 0 Å². The Balaban J connectivity index is 1.60. The largest absolute Gasteiger partial charge is 0.334 e. The smallest absolute Gasteiger partial charge is 0.321 e. The maximum absolute atomic E-state index is 12.9. The second-order valence-electron chi connectivity index (χ2n) is 5.49. The van der Waals surface area contributed by atoms with E-state index in [0.29, 0.717) is 11.6 Å². The Morgan fingerprint density at radius 3 is 2.68 bits per heavy atom. The van der Waals surface area contributed by atoms with Crippen LogP contribution in [0.15, 0.2) is 53.0 Å². The molecule has 1 saturated carbocycles. The van der Waals surface area contributed by atoms with Crippen molar-refractivity contribution in [3.63, 3.8) is 0 Å². The fourth-order valence-corrected chi connectivity index (χ4v) is 2.91. The van der Waals surface area contributed by atoms with Crippen LogP contribution in [-0.4, -0.2) is 19.1 Å². The van der Waals surface area contributed by atoms with Crippen molar-refractivity contribution in [3.05, 3.63) is 64.4 Å². The molecule has 0 radical (unpaired) electrons. The summed E-state index contributed by atoms with van der Waals surface area (Å²) in [5, 5.41) is 3.01. The van der Waals surface area contributed by atoms with E-state index in [1.54, 1.807) is 19.2 Å². The molecule has 0 spiro atoms. The van der Waals surface area contributed by atoms with Gasteiger partial charge in [0.05, 0.1) is 0 Å². The zero-order valence-corrected chi connectivity index (χ0v) is 13.7. The number of carbonyl (C=O) groups excluding carboxylic acids is 1. The zero-order chi connectivity index (χ0) is 15.7. The molecular weight excluding hydrogens is 347 g/mol. The second kappa shape index (κ2) is 6.08. The average Bonchev–Trinajstić information content (AvgIpc) is 3.26. The lowest BCUT2D eigenvalue weighted by molar-refractivity contribution is 0.247. The molecular formula is C17H16BrFN2O. The van der Waals surface area contributed by atoms with Crippen molar-refractivity contribution in [2.24, 2.45) is 0 Å². The molecule has 1 N–H and O–H groups in total. The standard InChI is InChI=1S/C17H16BrFN2O/c1-21(14-7-5-13(19)6-8-14)17(22)20-16-10-15(16)11-3-2-4-12(18)9-11/h2-9,15-16H,10H2,1H3,(H,20,22)/t15-,16+/m0/s1. The SMILES string of the molecule is CN(C(=O)N[C@@H]1C[C@H]1c1cccc(Br)c1)c1ccc(F)cc1. The molecule has 0 saturated heterocycles. The van der Waals surface area contributed by atoms with Gasteiger partial charge in [-0.05, 0) is 48.4 Å². The molecule has 1 aliphatic rings. The van der Waals surface area contributed by atoms with Crippen LogP contribution >= 0.6 is 15.9 Å². The maximum Gasteiger partial charge on any atom is 0.321 e. The monoisotopic (exact) mass is 362 g/mol. The average molecular weight is 363 g/mol. The first-order chi connectivity index (χ1) is 10.5. The third-order valence-electron chi connectivity index (χ3n) is 3.89. The molecule has 2 aromatic carbocycles. The van der Waals surface area contributed by atoms with Crippen LogP contribution in [0.2, 0.25) is 0 Å². The molecule has 3 nitrogen and oxygen atoms in total. The summed E-state index contributed by atoms with van der Waals surface area (Å²) in [7, 11) is 1.68. The topological polar surface area (TPSA) is 32.3 Å². The van der Waals surface area contributed by atoms with Crippen LogP contribution in [0.5, 0.6) is 0 Å². The van der Waals surface area contributed by atoms with Crippen molar-refractivity contribution >= 4 is 27.6 Å². The fourth-order valence-electron chi connectivity index (χ4n) is 2.50. The van der Waals surface area contributed by atoms with Crippen molar-refractivity contribution in [3.8, 4) is 0 Å². The van der Waals surface area contributed by atoms with Gasteiger partial charge in [0.15, 0.2) is 0 Å². The Morgan fingerprint density at radius 1 is 1.27 bits per heavy atom. The molecule has 2 atom stereocenters. The quantitative estimate of drug-likeness (QED) is 0.867. The molecule has 1 aliphatic carbocycles. The number of urea groups is 1. The number of carbonyl (C=O) groups is 1. The van der Waals surface area contributed by atoms with Crippen molar-refractivity contribution in [1.29, 1.82) is 0 Å². The molecule has 1 fully saturated rings. The van der Waals surface area contributed by atoms with E-state index in [4.69, 9.17) is 0 Å². The van der Waals surface area contributed by atoms with E-state index in [9.17, 15) is 9.18 Å².